The van der Waals surface area contributed by atoms with Crippen LogP contribution in [0.3, 0.4) is 0 Å². The van der Waals surface area contributed by atoms with Gasteiger partial charge >= 0.3 is 0 Å². The van der Waals surface area contributed by atoms with Gasteiger partial charge in [0.05, 0.1) is 6.10 Å². The molecule has 1 N–H and O–H groups in total. The first-order valence-corrected chi connectivity index (χ1v) is 8.54. The fraction of sp³-hybridized carbons (Fsp3) is 0.471. The van der Waals surface area contributed by atoms with E-state index >= 15 is 0 Å². The van der Waals surface area contributed by atoms with Crippen LogP contribution in [0, 0.1) is 0 Å². The maximum atomic E-state index is 12.1. The molecule has 6 nitrogen and oxygen atoms in total. The average molecular weight is 350 g/mol. The molecule has 2 aromatic rings. The van der Waals surface area contributed by atoms with Crippen molar-refractivity contribution in [3.8, 4) is 11.4 Å². The Morgan fingerprint density at radius 3 is 2.71 bits per heavy atom. The standard InChI is InChI=1S/C17H20ClN3O3/c18-13-6-4-12(5-7-13)17-19-15(24-20-17)2-1-3-16(23)21-10-8-14(22)9-11-21/h4-7,14,22H,1-3,8-11H2. The Kier molecular flexibility index (Phi) is 5.48. The van der Waals surface area contributed by atoms with Crippen molar-refractivity contribution in [2.24, 2.45) is 0 Å². The number of aliphatic hydroxyl groups is 1. The SMILES string of the molecule is O=C(CCCc1nc(-c2ccc(Cl)cc2)no1)N1CCC(O)CC1. The molecule has 1 aliphatic rings. The van der Waals surface area contributed by atoms with Crippen molar-refractivity contribution in [1.29, 1.82) is 0 Å². The van der Waals surface area contributed by atoms with Crippen molar-refractivity contribution in [3.63, 3.8) is 0 Å². The second kappa shape index (κ2) is 7.77. The second-order valence-corrected chi connectivity index (χ2v) is 6.42. The molecule has 0 atom stereocenters. The van der Waals surface area contributed by atoms with Gasteiger partial charge in [0.15, 0.2) is 0 Å². The lowest BCUT2D eigenvalue weighted by atomic mass is 10.1. The molecule has 1 amide bonds. The molecule has 1 saturated heterocycles. The summed E-state index contributed by atoms with van der Waals surface area (Å²) in [6, 6.07) is 7.23. The van der Waals surface area contributed by atoms with Gasteiger partial charge in [-0.3, -0.25) is 4.79 Å². The first-order chi connectivity index (χ1) is 11.6. The van der Waals surface area contributed by atoms with Crippen LogP contribution in [0.15, 0.2) is 28.8 Å². The van der Waals surface area contributed by atoms with Crippen molar-refractivity contribution in [1.82, 2.24) is 15.0 Å². The predicted octanol–water partition coefficient (Wildman–Crippen LogP) is 2.70. The Balaban J connectivity index is 1.47. The van der Waals surface area contributed by atoms with Crippen LogP contribution in [0.5, 0.6) is 0 Å². The summed E-state index contributed by atoms with van der Waals surface area (Å²) >= 11 is 5.86. The van der Waals surface area contributed by atoms with Gasteiger partial charge in [0.25, 0.3) is 0 Å². The molecular weight excluding hydrogens is 330 g/mol. The number of piperidine rings is 1. The number of halogens is 1. The van der Waals surface area contributed by atoms with Gasteiger partial charge in [0.1, 0.15) is 0 Å². The van der Waals surface area contributed by atoms with Gasteiger partial charge in [-0.25, -0.2) is 0 Å². The molecule has 24 heavy (non-hydrogen) atoms. The van der Waals surface area contributed by atoms with E-state index in [1.807, 2.05) is 17.0 Å². The Bertz CT molecular complexity index is 679. The molecule has 1 fully saturated rings. The molecule has 128 valence electrons. The molecule has 0 spiro atoms. The highest BCUT2D eigenvalue weighted by Crippen LogP contribution is 2.19. The van der Waals surface area contributed by atoms with Crippen molar-refractivity contribution in [3.05, 3.63) is 35.2 Å². The zero-order valence-corrected chi connectivity index (χ0v) is 14.1. The number of hydrogen-bond acceptors (Lipinski definition) is 5. The van der Waals surface area contributed by atoms with Gasteiger partial charge in [-0.1, -0.05) is 16.8 Å². The van der Waals surface area contributed by atoms with Crippen LogP contribution in [0.2, 0.25) is 5.02 Å². The first kappa shape index (κ1) is 16.9. The van der Waals surface area contributed by atoms with Crippen LogP contribution in [0.4, 0.5) is 0 Å². The predicted molar refractivity (Wildman–Crippen MR) is 89.5 cm³/mol. The minimum absolute atomic E-state index is 0.124. The van der Waals surface area contributed by atoms with Gasteiger partial charge in [-0.2, -0.15) is 4.98 Å². The highest BCUT2D eigenvalue weighted by molar-refractivity contribution is 6.30. The van der Waals surface area contributed by atoms with Crippen molar-refractivity contribution in [2.75, 3.05) is 13.1 Å². The topological polar surface area (TPSA) is 79.5 Å². The molecule has 1 aliphatic heterocycles. The highest BCUT2D eigenvalue weighted by atomic mass is 35.5. The largest absolute Gasteiger partial charge is 0.393 e. The number of carbonyl (C=O) groups excluding carboxylic acids is 1. The van der Waals surface area contributed by atoms with Crippen LogP contribution >= 0.6 is 11.6 Å². The quantitative estimate of drug-likeness (QED) is 0.897. The Morgan fingerprint density at radius 2 is 2.00 bits per heavy atom. The molecule has 0 aliphatic carbocycles. The number of likely N-dealkylation sites (tertiary alicyclic amines) is 1. The zero-order chi connectivity index (χ0) is 16.9. The van der Waals surface area contributed by atoms with E-state index in [0.717, 1.165) is 5.56 Å². The summed E-state index contributed by atoms with van der Waals surface area (Å²) in [5.74, 6) is 1.18. The van der Waals surface area contributed by atoms with E-state index in [2.05, 4.69) is 10.1 Å². The third-order valence-electron chi connectivity index (χ3n) is 4.17. The van der Waals surface area contributed by atoms with Crippen LogP contribution in [-0.4, -0.2) is 45.2 Å². The summed E-state index contributed by atoms with van der Waals surface area (Å²) < 4.78 is 5.24. The summed E-state index contributed by atoms with van der Waals surface area (Å²) in [7, 11) is 0. The van der Waals surface area contributed by atoms with Crippen LogP contribution in [-0.2, 0) is 11.2 Å². The molecule has 1 aromatic heterocycles. The van der Waals surface area contributed by atoms with Gasteiger partial charge in [0.2, 0.25) is 17.6 Å². The van der Waals surface area contributed by atoms with E-state index in [-0.39, 0.29) is 12.0 Å². The molecule has 0 saturated carbocycles. The Hall–Kier alpha value is -1.92. The van der Waals surface area contributed by atoms with Crippen molar-refractivity contribution in [2.45, 2.75) is 38.2 Å². The van der Waals surface area contributed by atoms with Crippen molar-refractivity contribution >= 4 is 17.5 Å². The number of hydrogen-bond donors (Lipinski definition) is 1. The number of amides is 1. The van der Waals surface area contributed by atoms with Gasteiger partial charge in [-0.15, -0.1) is 0 Å². The number of carbonyl (C=O) groups is 1. The molecule has 1 aromatic carbocycles. The molecule has 0 radical (unpaired) electrons. The average Bonchev–Trinajstić information content (AvgIpc) is 3.05. The molecular formula is C17H20ClN3O3. The summed E-state index contributed by atoms with van der Waals surface area (Å²) in [4.78, 5) is 18.3. The van der Waals surface area contributed by atoms with Crippen LogP contribution in [0.25, 0.3) is 11.4 Å². The van der Waals surface area contributed by atoms with E-state index in [0.29, 0.717) is 61.9 Å². The van der Waals surface area contributed by atoms with Crippen molar-refractivity contribution < 1.29 is 14.4 Å². The Morgan fingerprint density at radius 1 is 1.29 bits per heavy atom. The van der Waals surface area contributed by atoms with E-state index in [1.165, 1.54) is 0 Å². The summed E-state index contributed by atoms with van der Waals surface area (Å²) in [6.07, 6.45) is 2.76. The molecule has 0 bridgehead atoms. The minimum atomic E-state index is -0.265. The maximum absolute atomic E-state index is 12.1. The summed E-state index contributed by atoms with van der Waals surface area (Å²) in [6.45, 7) is 1.28. The normalized spacial score (nSPS) is 15.7. The molecule has 2 heterocycles. The van der Waals surface area contributed by atoms with Gasteiger partial charge in [-0.05, 0) is 43.5 Å². The van der Waals surface area contributed by atoms with Gasteiger partial charge in [0, 0.05) is 36.5 Å². The number of aryl methyl sites for hydroxylation is 1. The van der Waals surface area contributed by atoms with Gasteiger partial charge < -0.3 is 14.5 Å². The van der Waals surface area contributed by atoms with Crippen LogP contribution < -0.4 is 0 Å². The number of benzene rings is 1. The maximum Gasteiger partial charge on any atom is 0.226 e. The minimum Gasteiger partial charge on any atom is -0.393 e. The Labute approximate surface area is 145 Å². The lowest BCUT2D eigenvalue weighted by Gasteiger charge is -2.29. The summed E-state index contributed by atoms with van der Waals surface area (Å²) in [5, 5.41) is 14.1. The highest BCUT2D eigenvalue weighted by Gasteiger charge is 2.21. The number of aromatic nitrogens is 2. The van der Waals surface area contributed by atoms with E-state index < -0.39 is 0 Å². The fourth-order valence-electron chi connectivity index (χ4n) is 2.74. The van der Waals surface area contributed by atoms with E-state index in [4.69, 9.17) is 16.1 Å². The molecule has 0 unspecified atom stereocenters. The number of nitrogens with zero attached hydrogens (tertiary/aromatic N) is 3. The van der Waals surface area contributed by atoms with E-state index in [1.54, 1.807) is 12.1 Å². The third-order valence-corrected chi connectivity index (χ3v) is 4.42. The fourth-order valence-corrected chi connectivity index (χ4v) is 2.86. The molecule has 7 heteroatoms. The summed E-state index contributed by atoms with van der Waals surface area (Å²) in [5.41, 5.74) is 0.845. The monoisotopic (exact) mass is 349 g/mol. The van der Waals surface area contributed by atoms with Crippen LogP contribution in [0.1, 0.15) is 31.6 Å². The number of aliphatic hydroxyl groups excluding tert-OH is 1. The lowest BCUT2D eigenvalue weighted by Crippen LogP contribution is -2.39. The smallest absolute Gasteiger partial charge is 0.226 e. The zero-order valence-electron chi connectivity index (χ0n) is 13.3. The lowest BCUT2D eigenvalue weighted by molar-refractivity contribution is -0.133. The second-order valence-electron chi connectivity index (χ2n) is 5.98. The van der Waals surface area contributed by atoms with E-state index in [9.17, 15) is 9.90 Å². The molecule has 3 rings (SSSR count). The number of rotatable bonds is 5. The third kappa shape index (κ3) is 4.33. The first-order valence-electron chi connectivity index (χ1n) is 8.16.